The van der Waals surface area contributed by atoms with Gasteiger partial charge in [0.1, 0.15) is 0 Å². The Balaban J connectivity index is 1.77. The van der Waals surface area contributed by atoms with Crippen LogP contribution < -0.4 is 5.73 Å². The second-order valence-corrected chi connectivity index (χ2v) is 7.14. The van der Waals surface area contributed by atoms with Crippen LogP contribution in [0, 0.1) is 11.8 Å². The van der Waals surface area contributed by atoms with E-state index >= 15 is 0 Å². The van der Waals surface area contributed by atoms with Gasteiger partial charge < -0.3 is 10.6 Å². The van der Waals surface area contributed by atoms with Crippen LogP contribution in [0.3, 0.4) is 0 Å². The average Bonchev–Trinajstić information content (AvgIpc) is 2.84. The number of nitrogens with zero attached hydrogens (tertiary/aromatic N) is 1. The zero-order valence-electron chi connectivity index (χ0n) is 11.2. The van der Waals surface area contributed by atoms with Crippen molar-refractivity contribution >= 4 is 33.4 Å². The molecule has 3 nitrogen and oxygen atoms in total. The average molecular weight is 358 g/mol. The fourth-order valence-electron chi connectivity index (χ4n) is 3.47. The molecule has 2 fully saturated rings. The van der Waals surface area contributed by atoms with Crippen molar-refractivity contribution in [2.24, 2.45) is 17.6 Å². The molecule has 3 rings (SSSR count). The lowest BCUT2D eigenvalue weighted by molar-refractivity contribution is 0.0784. The van der Waals surface area contributed by atoms with Crippen LogP contribution in [0.2, 0.25) is 5.02 Å². The van der Waals surface area contributed by atoms with E-state index in [2.05, 4.69) is 15.9 Å². The summed E-state index contributed by atoms with van der Waals surface area (Å²) in [5.41, 5.74) is 6.62. The highest BCUT2D eigenvalue weighted by Crippen LogP contribution is 2.37. The lowest BCUT2D eigenvalue weighted by Gasteiger charge is -2.27. The molecule has 2 aliphatic rings. The molecule has 0 bridgehead atoms. The van der Waals surface area contributed by atoms with Crippen LogP contribution in [-0.2, 0) is 0 Å². The maximum atomic E-state index is 12.6. The normalized spacial score (nSPS) is 29.4. The zero-order valence-corrected chi connectivity index (χ0v) is 13.5. The molecule has 1 saturated heterocycles. The Morgan fingerprint density at radius 2 is 2.05 bits per heavy atom. The Labute approximate surface area is 132 Å². The molecule has 0 spiro atoms. The van der Waals surface area contributed by atoms with Gasteiger partial charge in [-0.25, -0.2) is 0 Å². The van der Waals surface area contributed by atoms with Gasteiger partial charge in [-0.3, -0.25) is 4.79 Å². The van der Waals surface area contributed by atoms with Crippen molar-refractivity contribution < 1.29 is 4.79 Å². The maximum absolute atomic E-state index is 12.6. The second-order valence-electron chi connectivity index (χ2n) is 5.90. The van der Waals surface area contributed by atoms with E-state index in [1.807, 2.05) is 17.0 Å². The summed E-state index contributed by atoms with van der Waals surface area (Å²) in [7, 11) is 0. The van der Waals surface area contributed by atoms with Gasteiger partial charge in [-0.1, -0.05) is 17.7 Å². The topological polar surface area (TPSA) is 46.3 Å². The van der Waals surface area contributed by atoms with E-state index in [0.717, 1.165) is 36.8 Å². The number of hydrogen-bond donors (Lipinski definition) is 1. The quantitative estimate of drug-likeness (QED) is 0.838. The van der Waals surface area contributed by atoms with Gasteiger partial charge in [0, 0.05) is 23.6 Å². The molecule has 2 N–H and O–H groups in total. The monoisotopic (exact) mass is 356 g/mol. The van der Waals surface area contributed by atoms with Crippen molar-refractivity contribution in [3.63, 3.8) is 0 Å². The molecule has 20 heavy (non-hydrogen) atoms. The second kappa shape index (κ2) is 5.66. The van der Waals surface area contributed by atoms with Crippen LogP contribution in [0.5, 0.6) is 0 Å². The van der Waals surface area contributed by atoms with Gasteiger partial charge in [-0.05, 0) is 59.2 Å². The molecule has 1 heterocycles. The third-order valence-corrected chi connectivity index (χ3v) is 5.86. The highest BCUT2D eigenvalue weighted by atomic mass is 79.9. The molecule has 108 valence electrons. The molecule has 1 aliphatic carbocycles. The van der Waals surface area contributed by atoms with Crippen LogP contribution in [0.15, 0.2) is 22.7 Å². The van der Waals surface area contributed by atoms with Crippen molar-refractivity contribution in [1.29, 1.82) is 0 Å². The number of nitrogens with two attached hydrogens (primary N) is 1. The predicted octanol–water partition coefficient (Wildman–Crippen LogP) is 3.30. The first-order valence-electron chi connectivity index (χ1n) is 7.05. The number of benzene rings is 1. The van der Waals surface area contributed by atoms with Gasteiger partial charge in [0.2, 0.25) is 0 Å². The van der Waals surface area contributed by atoms with Crippen LogP contribution in [-0.4, -0.2) is 29.9 Å². The van der Waals surface area contributed by atoms with E-state index in [0.29, 0.717) is 28.5 Å². The van der Waals surface area contributed by atoms with Gasteiger partial charge in [-0.2, -0.15) is 0 Å². The summed E-state index contributed by atoms with van der Waals surface area (Å²) in [6.07, 6.45) is 3.27. The first kappa shape index (κ1) is 14.4. The minimum Gasteiger partial charge on any atom is -0.338 e. The van der Waals surface area contributed by atoms with Crippen molar-refractivity contribution in [1.82, 2.24) is 4.90 Å². The first-order valence-corrected chi connectivity index (χ1v) is 8.22. The summed E-state index contributed by atoms with van der Waals surface area (Å²) in [5.74, 6) is 1.22. The molecule has 1 aromatic rings. The highest BCUT2D eigenvalue weighted by Gasteiger charge is 2.39. The lowest BCUT2D eigenvalue weighted by Crippen LogP contribution is -2.32. The number of amides is 1. The van der Waals surface area contributed by atoms with E-state index in [9.17, 15) is 4.79 Å². The van der Waals surface area contributed by atoms with Crippen LogP contribution >= 0.6 is 27.5 Å². The van der Waals surface area contributed by atoms with E-state index in [1.54, 1.807) is 6.07 Å². The minimum absolute atomic E-state index is 0.0410. The van der Waals surface area contributed by atoms with Gasteiger partial charge in [0.05, 0.1) is 10.6 Å². The van der Waals surface area contributed by atoms with Gasteiger partial charge in [0.15, 0.2) is 0 Å². The molecule has 3 atom stereocenters. The lowest BCUT2D eigenvalue weighted by atomic mass is 9.79. The Hall–Kier alpha value is -0.580. The number of carbonyl (C=O) groups excluding carboxylic acids is 1. The SMILES string of the molecule is NC1CC[C@@H]2CN(C(=O)c3cccc(Br)c3Cl)C[C@@H]2C1. The predicted molar refractivity (Wildman–Crippen MR) is 83.9 cm³/mol. The fourth-order valence-corrected chi connectivity index (χ4v) is 4.05. The fraction of sp³-hybridized carbons (Fsp3) is 0.533. The third-order valence-electron chi connectivity index (χ3n) is 4.56. The number of hydrogen-bond acceptors (Lipinski definition) is 2. The number of likely N-dealkylation sites (tertiary alicyclic amines) is 1. The molecule has 1 saturated carbocycles. The largest absolute Gasteiger partial charge is 0.338 e. The van der Waals surface area contributed by atoms with Crippen LogP contribution in [0.25, 0.3) is 0 Å². The summed E-state index contributed by atoms with van der Waals surface area (Å²) in [6.45, 7) is 1.67. The molecule has 0 radical (unpaired) electrons. The summed E-state index contributed by atoms with van der Waals surface area (Å²) >= 11 is 9.60. The van der Waals surface area contributed by atoms with Crippen molar-refractivity contribution in [2.75, 3.05) is 13.1 Å². The van der Waals surface area contributed by atoms with Crippen molar-refractivity contribution in [2.45, 2.75) is 25.3 Å². The van der Waals surface area contributed by atoms with Gasteiger partial charge in [0.25, 0.3) is 5.91 Å². The molecule has 1 aliphatic heterocycles. The Morgan fingerprint density at radius 3 is 2.85 bits per heavy atom. The van der Waals surface area contributed by atoms with Crippen LogP contribution in [0.1, 0.15) is 29.6 Å². The summed E-state index contributed by atoms with van der Waals surface area (Å²) in [5, 5.41) is 0.504. The molecule has 1 unspecified atom stereocenters. The van der Waals surface area contributed by atoms with E-state index in [1.165, 1.54) is 0 Å². The number of rotatable bonds is 1. The number of carbonyl (C=O) groups is 1. The smallest absolute Gasteiger partial charge is 0.255 e. The van der Waals surface area contributed by atoms with Crippen molar-refractivity contribution in [3.05, 3.63) is 33.3 Å². The Bertz CT molecular complexity index is 537. The molecule has 1 aromatic carbocycles. The molecule has 0 aromatic heterocycles. The van der Waals surface area contributed by atoms with E-state index in [4.69, 9.17) is 17.3 Å². The Kier molecular flexibility index (Phi) is 4.07. The summed E-state index contributed by atoms with van der Waals surface area (Å²) < 4.78 is 0.767. The standard InChI is InChI=1S/C15H18BrClN2O/c16-13-3-1-2-12(14(13)17)15(20)19-7-9-4-5-11(18)6-10(9)8-19/h1-3,9-11H,4-8,18H2/t9-,10+,11?/m1/s1. The summed E-state index contributed by atoms with van der Waals surface area (Å²) in [4.78, 5) is 14.6. The highest BCUT2D eigenvalue weighted by molar-refractivity contribution is 9.10. The first-order chi connectivity index (χ1) is 9.56. The van der Waals surface area contributed by atoms with E-state index in [-0.39, 0.29) is 5.91 Å². The number of halogens is 2. The maximum Gasteiger partial charge on any atom is 0.255 e. The Morgan fingerprint density at radius 1 is 1.30 bits per heavy atom. The molecular formula is C15H18BrClN2O. The minimum atomic E-state index is 0.0410. The van der Waals surface area contributed by atoms with Gasteiger partial charge >= 0.3 is 0 Å². The summed E-state index contributed by atoms with van der Waals surface area (Å²) in [6, 6.07) is 5.80. The number of fused-ring (bicyclic) bond motifs is 1. The molecule has 1 amide bonds. The molecular weight excluding hydrogens is 340 g/mol. The molecule has 5 heteroatoms. The van der Waals surface area contributed by atoms with Gasteiger partial charge in [-0.15, -0.1) is 0 Å². The zero-order chi connectivity index (χ0) is 14.3. The van der Waals surface area contributed by atoms with E-state index < -0.39 is 0 Å². The third kappa shape index (κ3) is 2.61. The van der Waals surface area contributed by atoms with Crippen LogP contribution in [0.4, 0.5) is 0 Å². The van der Waals surface area contributed by atoms with Crippen molar-refractivity contribution in [3.8, 4) is 0 Å².